The molecule has 1 aliphatic heterocycles. The summed E-state index contributed by atoms with van der Waals surface area (Å²) in [4.78, 5) is 11.2. The summed E-state index contributed by atoms with van der Waals surface area (Å²) in [5.41, 5.74) is 2.83. The van der Waals surface area contributed by atoms with Crippen molar-refractivity contribution in [3.05, 3.63) is 47.6 Å². The number of esters is 1. The van der Waals surface area contributed by atoms with Crippen molar-refractivity contribution in [2.75, 3.05) is 0 Å². The molecule has 0 amide bonds. The van der Waals surface area contributed by atoms with Gasteiger partial charge in [-0.05, 0) is 43.3 Å². The van der Waals surface area contributed by atoms with Crippen LogP contribution in [0, 0.1) is 5.41 Å². The van der Waals surface area contributed by atoms with Gasteiger partial charge in [0, 0.05) is 12.5 Å². The Morgan fingerprint density at radius 1 is 1.45 bits per heavy atom. The van der Waals surface area contributed by atoms with Crippen molar-refractivity contribution in [2.45, 2.75) is 52.6 Å². The average Bonchev–Trinajstić information content (AvgIpc) is 2.37. The standard InChI is InChI=1S/C18H24O2/c1-14(13-16-8-6-9-17(19)20-16)10-11-15-7-4-5-12-18(15,2)3/h6-7,9-11,13,16H,4-5,8,12H2,1-3H3/b11-10+,14-13+. The maximum atomic E-state index is 11.2. The smallest absolute Gasteiger partial charge is 0.331 e. The molecule has 2 nitrogen and oxygen atoms in total. The Morgan fingerprint density at radius 3 is 2.95 bits per heavy atom. The Kier molecular flexibility index (Phi) is 4.64. The number of rotatable bonds is 3. The molecule has 2 rings (SSSR count). The molecular weight excluding hydrogens is 248 g/mol. The highest BCUT2D eigenvalue weighted by Crippen LogP contribution is 2.37. The second-order valence-corrected chi connectivity index (χ2v) is 6.29. The van der Waals surface area contributed by atoms with Gasteiger partial charge in [0.15, 0.2) is 0 Å². The van der Waals surface area contributed by atoms with Gasteiger partial charge in [-0.25, -0.2) is 4.79 Å². The summed E-state index contributed by atoms with van der Waals surface area (Å²) in [5.74, 6) is -0.245. The SMILES string of the molecule is CC(/C=C/C1=CCCCC1(C)C)=C\C1CC=CC(=O)O1. The molecule has 0 aromatic carbocycles. The van der Waals surface area contributed by atoms with Crippen LogP contribution < -0.4 is 0 Å². The number of hydrogen-bond donors (Lipinski definition) is 0. The third kappa shape index (κ3) is 3.96. The Balaban J connectivity index is 2.02. The fraction of sp³-hybridized carbons (Fsp3) is 0.500. The predicted octanol–water partition coefficient (Wildman–Crippen LogP) is 4.50. The minimum absolute atomic E-state index is 0.120. The van der Waals surface area contributed by atoms with E-state index in [2.05, 4.69) is 39.0 Å². The van der Waals surface area contributed by atoms with Crippen LogP contribution >= 0.6 is 0 Å². The van der Waals surface area contributed by atoms with Crippen LogP contribution in [0.25, 0.3) is 0 Å². The van der Waals surface area contributed by atoms with E-state index in [1.165, 1.54) is 30.9 Å². The van der Waals surface area contributed by atoms with Crippen molar-refractivity contribution >= 4 is 5.97 Å². The zero-order chi connectivity index (χ0) is 14.6. The summed E-state index contributed by atoms with van der Waals surface area (Å²) in [7, 11) is 0. The number of hydrogen-bond acceptors (Lipinski definition) is 2. The molecule has 0 spiro atoms. The van der Waals surface area contributed by atoms with E-state index in [9.17, 15) is 4.79 Å². The molecule has 0 saturated carbocycles. The lowest BCUT2D eigenvalue weighted by molar-refractivity contribution is -0.141. The summed E-state index contributed by atoms with van der Waals surface area (Å²) in [5, 5.41) is 0. The molecule has 0 saturated heterocycles. The lowest BCUT2D eigenvalue weighted by Crippen LogP contribution is -2.18. The molecule has 1 aliphatic carbocycles. The minimum atomic E-state index is -0.245. The summed E-state index contributed by atoms with van der Waals surface area (Å²) in [6.07, 6.45) is 16.4. The fourth-order valence-electron chi connectivity index (χ4n) is 2.72. The molecule has 108 valence electrons. The van der Waals surface area contributed by atoms with Crippen molar-refractivity contribution in [3.8, 4) is 0 Å². The molecule has 20 heavy (non-hydrogen) atoms. The first-order valence-corrected chi connectivity index (χ1v) is 7.42. The summed E-state index contributed by atoms with van der Waals surface area (Å²) in [6.45, 7) is 6.66. The first-order chi connectivity index (χ1) is 9.47. The Hall–Kier alpha value is -1.57. The highest BCUT2D eigenvalue weighted by atomic mass is 16.5. The Bertz CT molecular complexity index is 490. The lowest BCUT2D eigenvalue weighted by Gasteiger charge is -2.30. The van der Waals surface area contributed by atoms with Gasteiger partial charge in [-0.3, -0.25) is 0 Å². The van der Waals surface area contributed by atoms with Crippen LogP contribution in [0.4, 0.5) is 0 Å². The molecule has 0 aromatic heterocycles. The van der Waals surface area contributed by atoms with Crippen molar-refractivity contribution in [1.29, 1.82) is 0 Å². The molecular formula is C18H24O2. The average molecular weight is 272 g/mol. The van der Waals surface area contributed by atoms with Crippen molar-refractivity contribution < 1.29 is 9.53 Å². The summed E-state index contributed by atoms with van der Waals surface area (Å²) < 4.78 is 5.24. The first-order valence-electron chi connectivity index (χ1n) is 7.42. The molecule has 0 aromatic rings. The molecule has 0 bridgehead atoms. The topological polar surface area (TPSA) is 26.3 Å². The van der Waals surface area contributed by atoms with Crippen LogP contribution in [0.3, 0.4) is 0 Å². The van der Waals surface area contributed by atoms with E-state index in [0.717, 1.165) is 12.0 Å². The van der Waals surface area contributed by atoms with Crippen molar-refractivity contribution in [3.63, 3.8) is 0 Å². The van der Waals surface area contributed by atoms with E-state index in [1.54, 1.807) is 0 Å². The van der Waals surface area contributed by atoms with Crippen molar-refractivity contribution in [1.82, 2.24) is 0 Å². The van der Waals surface area contributed by atoms with E-state index in [-0.39, 0.29) is 17.5 Å². The van der Waals surface area contributed by atoms with Crippen LogP contribution in [0.5, 0.6) is 0 Å². The molecule has 0 radical (unpaired) electrons. The Morgan fingerprint density at radius 2 is 2.25 bits per heavy atom. The van der Waals surface area contributed by atoms with Gasteiger partial charge in [-0.15, -0.1) is 0 Å². The van der Waals surface area contributed by atoms with Gasteiger partial charge in [-0.2, -0.15) is 0 Å². The van der Waals surface area contributed by atoms with Gasteiger partial charge in [0.1, 0.15) is 6.10 Å². The van der Waals surface area contributed by atoms with E-state index < -0.39 is 0 Å². The maximum absolute atomic E-state index is 11.2. The molecule has 0 fully saturated rings. The molecule has 2 heteroatoms. The second-order valence-electron chi connectivity index (χ2n) is 6.29. The molecule has 2 aliphatic rings. The van der Waals surface area contributed by atoms with E-state index in [1.807, 2.05) is 12.2 Å². The number of cyclic esters (lactones) is 1. The summed E-state index contributed by atoms with van der Waals surface area (Å²) >= 11 is 0. The molecule has 1 atom stereocenters. The van der Waals surface area contributed by atoms with Crippen molar-refractivity contribution in [2.24, 2.45) is 5.41 Å². The summed E-state index contributed by atoms with van der Waals surface area (Å²) in [6, 6.07) is 0. The number of allylic oxidation sites excluding steroid dienone is 5. The Labute approximate surface area is 121 Å². The maximum Gasteiger partial charge on any atom is 0.331 e. The second kappa shape index (κ2) is 6.25. The monoisotopic (exact) mass is 272 g/mol. The van der Waals surface area contributed by atoms with Crippen LogP contribution in [0.15, 0.2) is 47.6 Å². The normalized spacial score (nSPS) is 26.6. The van der Waals surface area contributed by atoms with Crippen LogP contribution in [-0.4, -0.2) is 12.1 Å². The number of carbonyl (C=O) groups is 1. The van der Waals surface area contributed by atoms with Gasteiger partial charge in [-0.1, -0.05) is 43.7 Å². The van der Waals surface area contributed by atoms with Gasteiger partial charge in [0.05, 0.1) is 0 Å². The zero-order valence-corrected chi connectivity index (χ0v) is 12.7. The fourth-order valence-corrected chi connectivity index (χ4v) is 2.72. The third-order valence-electron chi connectivity index (χ3n) is 4.02. The van der Waals surface area contributed by atoms with Gasteiger partial charge in [0.25, 0.3) is 0 Å². The molecule has 0 N–H and O–H groups in total. The van der Waals surface area contributed by atoms with E-state index in [0.29, 0.717) is 0 Å². The third-order valence-corrected chi connectivity index (χ3v) is 4.02. The first kappa shape index (κ1) is 14.8. The zero-order valence-electron chi connectivity index (χ0n) is 12.7. The number of ether oxygens (including phenoxy) is 1. The lowest BCUT2D eigenvalue weighted by atomic mass is 9.75. The van der Waals surface area contributed by atoms with Crippen LogP contribution in [0.2, 0.25) is 0 Å². The van der Waals surface area contributed by atoms with Crippen LogP contribution in [-0.2, 0) is 9.53 Å². The van der Waals surface area contributed by atoms with E-state index >= 15 is 0 Å². The largest absolute Gasteiger partial charge is 0.455 e. The van der Waals surface area contributed by atoms with Crippen LogP contribution in [0.1, 0.15) is 46.5 Å². The molecule has 1 unspecified atom stereocenters. The highest BCUT2D eigenvalue weighted by molar-refractivity contribution is 5.82. The number of carbonyl (C=O) groups excluding carboxylic acids is 1. The minimum Gasteiger partial charge on any atom is -0.455 e. The quantitative estimate of drug-likeness (QED) is 0.558. The van der Waals surface area contributed by atoms with Gasteiger partial charge in [0.2, 0.25) is 0 Å². The molecule has 1 heterocycles. The predicted molar refractivity (Wildman–Crippen MR) is 82.2 cm³/mol. The highest BCUT2D eigenvalue weighted by Gasteiger charge is 2.23. The van der Waals surface area contributed by atoms with Gasteiger partial charge >= 0.3 is 5.97 Å². The van der Waals surface area contributed by atoms with E-state index in [4.69, 9.17) is 4.74 Å². The van der Waals surface area contributed by atoms with Gasteiger partial charge < -0.3 is 4.74 Å².